The largest absolute Gasteiger partial charge is 0.483 e. The quantitative estimate of drug-likeness (QED) is 0.888. The van der Waals surface area contributed by atoms with E-state index in [9.17, 15) is 14.0 Å². The third-order valence-corrected chi connectivity index (χ3v) is 2.87. The van der Waals surface area contributed by atoms with Gasteiger partial charge in [0.1, 0.15) is 11.6 Å². The van der Waals surface area contributed by atoms with Crippen molar-refractivity contribution < 1.29 is 18.7 Å². The van der Waals surface area contributed by atoms with E-state index in [0.29, 0.717) is 0 Å². The number of halogens is 1. The predicted molar refractivity (Wildman–Crippen MR) is 80.2 cm³/mol. The maximum Gasteiger partial charge on any atom is 0.259 e. The summed E-state index contributed by atoms with van der Waals surface area (Å²) >= 11 is 0. The highest BCUT2D eigenvalue weighted by Crippen LogP contribution is 2.21. The summed E-state index contributed by atoms with van der Waals surface area (Å²) in [4.78, 5) is 23.0. The Balaban J connectivity index is 2.22. The van der Waals surface area contributed by atoms with Gasteiger partial charge >= 0.3 is 0 Å². The van der Waals surface area contributed by atoms with Gasteiger partial charge in [0, 0.05) is 0 Å². The van der Waals surface area contributed by atoms with Crippen molar-refractivity contribution in [1.29, 1.82) is 0 Å². The Labute approximate surface area is 126 Å². The van der Waals surface area contributed by atoms with Gasteiger partial charge in [-0.1, -0.05) is 18.2 Å². The number of anilines is 1. The van der Waals surface area contributed by atoms with E-state index in [4.69, 9.17) is 10.5 Å². The Hall–Kier alpha value is -2.89. The molecule has 0 saturated carbocycles. The van der Waals surface area contributed by atoms with E-state index >= 15 is 0 Å². The lowest BCUT2D eigenvalue weighted by Gasteiger charge is -2.11. The fourth-order valence-corrected chi connectivity index (χ4v) is 1.85. The molecule has 0 aliphatic carbocycles. The molecule has 6 heteroatoms. The Kier molecular flexibility index (Phi) is 4.73. The highest BCUT2D eigenvalue weighted by molar-refractivity contribution is 6.06. The van der Waals surface area contributed by atoms with Crippen molar-refractivity contribution >= 4 is 17.5 Å². The van der Waals surface area contributed by atoms with Gasteiger partial charge in [-0.15, -0.1) is 0 Å². The molecule has 5 nitrogen and oxygen atoms in total. The minimum Gasteiger partial charge on any atom is -0.483 e. The van der Waals surface area contributed by atoms with Gasteiger partial charge in [0.2, 0.25) is 0 Å². The van der Waals surface area contributed by atoms with Crippen LogP contribution in [0, 0.1) is 12.7 Å². The zero-order valence-corrected chi connectivity index (χ0v) is 11.9. The molecule has 22 heavy (non-hydrogen) atoms. The number of hydrogen-bond donors (Lipinski definition) is 2. The predicted octanol–water partition coefficient (Wildman–Crippen LogP) is 2.25. The van der Waals surface area contributed by atoms with Crippen LogP contribution in [0.5, 0.6) is 5.75 Å². The van der Waals surface area contributed by atoms with Gasteiger partial charge < -0.3 is 15.8 Å². The van der Waals surface area contributed by atoms with Crippen LogP contribution in [-0.2, 0) is 4.79 Å². The zero-order valence-electron chi connectivity index (χ0n) is 11.9. The topological polar surface area (TPSA) is 81.4 Å². The number of primary amides is 1. The molecule has 0 radical (unpaired) electrons. The van der Waals surface area contributed by atoms with Gasteiger partial charge in [-0.2, -0.15) is 0 Å². The lowest BCUT2D eigenvalue weighted by atomic mass is 10.1. The van der Waals surface area contributed by atoms with Crippen LogP contribution in [-0.4, -0.2) is 18.4 Å². The molecule has 0 spiro atoms. The van der Waals surface area contributed by atoms with Crippen LogP contribution < -0.4 is 15.8 Å². The van der Waals surface area contributed by atoms with Crippen LogP contribution >= 0.6 is 0 Å². The number of amides is 2. The van der Waals surface area contributed by atoms with Gasteiger partial charge in [0.15, 0.2) is 6.61 Å². The molecule has 2 aromatic carbocycles. The van der Waals surface area contributed by atoms with Gasteiger partial charge in [-0.3, -0.25) is 9.59 Å². The Morgan fingerprint density at radius 1 is 1.23 bits per heavy atom. The molecule has 3 N–H and O–H groups in total. The van der Waals surface area contributed by atoms with Gasteiger partial charge in [-0.05, 0) is 36.8 Å². The first-order valence-electron chi connectivity index (χ1n) is 6.55. The SMILES string of the molecule is Cc1ccc(F)c(NC(=O)c2ccccc2OCC(N)=O)c1. The number of ether oxygens (including phenoxy) is 1. The van der Waals surface area contributed by atoms with Crippen LogP contribution in [0.25, 0.3) is 0 Å². The molecule has 2 amide bonds. The van der Waals surface area contributed by atoms with Crippen LogP contribution in [0.15, 0.2) is 42.5 Å². The summed E-state index contributed by atoms with van der Waals surface area (Å²) < 4.78 is 18.9. The number of hydrogen-bond acceptors (Lipinski definition) is 3. The zero-order chi connectivity index (χ0) is 16.1. The Morgan fingerprint density at radius 2 is 1.95 bits per heavy atom. The van der Waals surface area contributed by atoms with Crippen LogP contribution in [0.3, 0.4) is 0 Å². The average Bonchev–Trinajstić information content (AvgIpc) is 2.49. The van der Waals surface area contributed by atoms with Gasteiger partial charge in [0.25, 0.3) is 11.8 Å². The molecule has 0 saturated heterocycles. The molecule has 0 aliphatic rings. The van der Waals surface area contributed by atoms with E-state index in [2.05, 4.69) is 5.32 Å². The van der Waals surface area contributed by atoms with Crippen LogP contribution in [0.4, 0.5) is 10.1 Å². The number of para-hydroxylation sites is 1. The van der Waals surface area contributed by atoms with E-state index in [-0.39, 0.29) is 23.6 Å². The monoisotopic (exact) mass is 302 g/mol. The van der Waals surface area contributed by atoms with Crippen LogP contribution in [0.2, 0.25) is 0 Å². The molecular formula is C16H15FN2O3. The third-order valence-electron chi connectivity index (χ3n) is 2.87. The Morgan fingerprint density at radius 3 is 2.68 bits per heavy atom. The first kappa shape index (κ1) is 15.5. The second-order valence-electron chi connectivity index (χ2n) is 4.69. The lowest BCUT2D eigenvalue weighted by molar-refractivity contribution is -0.119. The maximum atomic E-state index is 13.7. The first-order valence-corrected chi connectivity index (χ1v) is 6.55. The summed E-state index contributed by atoms with van der Waals surface area (Å²) in [5.41, 5.74) is 6.09. The summed E-state index contributed by atoms with van der Waals surface area (Å²) in [5, 5.41) is 2.49. The van der Waals surface area contributed by atoms with E-state index in [1.165, 1.54) is 24.3 Å². The summed E-state index contributed by atoms with van der Waals surface area (Å²) in [7, 11) is 0. The Bertz CT molecular complexity index is 716. The number of benzene rings is 2. The van der Waals surface area contributed by atoms with Crippen molar-refractivity contribution in [2.45, 2.75) is 6.92 Å². The van der Waals surface area contributed by atoms with Crippen molar-refractivity contribution in [3.8, 4) is 5.75 Å². The fourth-order valence-electron chi connectivity index (χ4n) is 1.85. The van der Waals surface area contributed by atoms with Crippen molar-refractivity contribution in [3.63, 3.8) is 0 Å². The van der Waals surface area contributed by atoms with E-state index in [1.54, 1.807) is 25.1 Å². The minimum absolute atomic E-state index is 0.0784. The normalized spacial score (nSPS) is 10.1. The van der Waals surface area contributed by atoms with Crippen molar-refractivity contribution in [2.75, 3.05) is 11.9 Å². The number of nitrogens with two attached hydrogens (primary N) is 1. The second-order valence-corrected chi connectivity index (χ2v) is 4.69. The molecule has 0 aliphatic heterocycles. The number of nitrogens with one attached hydrogen (secondary N) is 1. The lowest BCUT2D eigenvalue weighted by Crippen LogP contribution is -2.21. The smallest absolute Gasteiger partial charge is 0.259 e. The standard InChI is InChI=1S/C16H15FN2O3/c1-10-6-7-12(17)13(8-10)19-16(21)11-4-2-3-5-14(11)22-9-15(18)20/h2-8H,9H2,1H3,(H2,18,20)(H,19,21). The average molecular weight is 302 g/mol. The second kappa shape index (κ2) is 6.71. The van der Waals surface area contributed by atoms with E-state index < -0.39 is 17.6 Å². The van der Waals surface area contributed by atoms with Crippen molar-refractivity contribution in [2.24, 2.45) is 5.73 Å². The highest BCUT2D eigenvalue weighted by Gasteiger charge is 2.14. The molecule has 0 heterocycles. The molecule has 114 valence electrons. The summed E-state index contributed by atoms with van der Waals surface area (Å²) in [6.07, 6.45) is 0. The molecule has 0 unspecified atom stereocenters. The summed E-state index contributed by atoms with van der Waals surface area (Å²) in [6.45, 7) is 1.45. The van der Waals surface area contributed by atoms with E-state index in [0.717, 1.165) is 5.56 Å². The number of aryl methyl sites for hydroxylation is 1. The number of carbonyl (C=O) groups is 2. The third kappa shape index (κ3) is 3.82. The maximum absolute atomic E-state index is 13.7. The molecule has 0 atom stereocenters. The van der Waals surface area contributed by atoms with Gasteiger partial charge in [-0.25, -0.2) is 4.39 Å². The fraction of sp³-hybridized carbons (Fsp3) is 0.125. The summed E-state index contributed by atoms with van der Waals surface area (Å²) in [5.74, 6) is -1.52. The van der Waals surface area contributed by atoms with Crippen LogP contribution in [0.1, 0.15) is 15.9 Å². The molecule has 0 aromatic heterocycles. The van der Waals surface area contributed by atoms with Gasteiger partial charge in [0.05, 0.1) is 11.3 Å². The number of rotatable bonds is 5. The molecular weight excluding hydrogens is 287 g/mol. The molecule has 2 rings (SSSR count). The minimum atomic E-state index is -0.653. The molecule has 0 fully saturated rings. The van der Waals surface area contributed by atoms with Crippen molar-refractivity contribution in [1.82, 2.24) is 0 Å². The first-order chi connectivity index (χ1) is 10.5. The summed E-state index contributed by atoms with van der Waals surface area (Å²) in [6, 6.07) is 10.7. The van der Waals surface area contributed by atoms with E-state index in [1.807, 2.05) is 0 Å². The highest BCUT2D eigenvalue weighted by atomic mass is 19.1. The van der Waals surface area contributed by atoms with Crippen molar-refractivity contribution in [3.05, 3.63) is 59.4 Å². The molecule has 2 aromatic rings. The molecule has 0 bridgehead atoms. The number of carbonyl (C=O) groups excluding carboxylic acids is 2.